The maximum absolute atomic E-state index is 15.0. The summed E-state index contributed by atoms with van der Waals surface area (Å²) in [7, 11) is 0. The molecule has 2 aromatic carbocycles. The van der Waals surface area contributed by atoms with E-state index in [1.54, 1.807) is 0 Å². The summed E-state index contributed by atoms with van der Waals surface area (Å²) in [6, 6.07) is 16.1. The van der Waals surface area contributed by atoms with Crippen LogP contribution in [-0.4, -0.2) is 40.5 Å². The van der Waals surface area contributed by atoms with Gasteiger partial charge in [0, 0.05) is 12.5 Å². The fraction of sp³-hybridized carbons (Fsp3) is 0.375. The summed E-state index contributed by atoms with van der Waals surface area (Å²) >= 11 is 0. The monoisotopic (exact) mass is 421 g/mol. The van der Waals surface area contributed by atoms with Crippen LogP contribution in [0.4, 0.5) is 9.18 Å². The highest BCUT2D eigenvalue weighted by Gasteiger charge is 2.55. The number of carbonyl (C=O) groups is 3. The number of amides is 4. The minimum absolute atomic E-state index is 0.106. The van der Waals surface area contributed by atoms with Gasteiger partial charge in [-0.3, -0.25) is 14.5 Å². The summed E-state index contributed by atoms with van der Waals surface area (Å²) < 4.78 is 15.0. The Morgan fingerprint density at radius 2 is 1.84 bits per heavy atom. The number of fused-ring (bicyclic) bond motifs is 2. The number of hydrogen-bond donors (Lipinski definition) is 1. The minimum Gasteiger partial charge on any atom is -0.319 e. The molecule has 2 aliphatic carbocycles. The molecule has 1 N–H and O–H groups in total. The average Bonchev–Trinajstić information content (AvgIpc) is 3.54. The highest BCUT2D eigenvalue weighted by Crippen LogP contribution is 2.41. The number of urea groups is 1. The lowest BCUT2D eigenvalue weighted by atomic mass is 9.92. The second-order valence-corrected chi connectivity index (χ2v) is 8.60. The van der Waals surface area contributed by atoms with Crippen LogP contribution in [0, 0.1) is 5.92 Å². The molecule has 1 spiro atoms. The topological polar surface area (TPSA) is 69.7 Å². The Morgan fingerprint density at radius 1 is 1.13 bits per heavy atom. The van der Waals surface area contributed by atoms with Crippen molar-refractivity contribution in [1.29, 1.82) is 0 Å². The van der Waals surface area contributed by atoms with E-state index in [0.29, 0.717) is 12.8 Å². The van der Waals surface area contributed by atoms with Crippen molar-refractivity contribution in [2.75, 3.05) is 6.54 Å². The van der Waals surface area contributed by atoms with E-state index in [-0.39, 0.29) is 12.5 Å². The molecule has 2 atom stereocenters. The highest BCUT2D eigenvalue weighted by atomic mass is 19.1. The van der Waals surface area contributed by atoms with Gasteiger partial charge in [-0.1, -0.05) is 54.6 Å². The highest BCUT2D eigenvalue weighted by molar-refractivity contribution is 6.09. The first kappa shape index (κ1) is 19.7. The van der Waals surface area contributed by atoms with Crippen LogP contribution in [0.3, 0.4) is 0 Å². The molecule has 1 saturated heterocycles. The fourth-order valence-corrected chi connectivity index (χ4v) is 4.68. The molecule has 160 valence electrons. The van der Waals surface area contributed by atoms with Crippen molar-refractivity contribution in [3.05, 3.63) is 71.3 Å². The van der Waals surface area contributed by atoms with E-state index in [1.807, 2.05) is 54.6 Å². The van der Waals surface area contributed by atoms with Crippen molar-refractivity contribution in [3.8, 4) is 0 Å². The number of aryl methyl sites for hydroxylation is 1. The third-order valence-corrected chi connectivity index (χ3v) is 6.54. The molecule has 2 fully saturated rings. The largest absolute Gasteiger partial charge is 0.325 e. The Hall–Kier alpha value is -3.22. The zero-order chi connectivity index (χ0) is 21.6. The number of rotatable bonds is 6. The van der Waals surface area contributed by atoms with Crippen LogP contribution in [0.1, 0.15) is 36.0 Å². The van der Waals surface area contributed by atoms with Gasteiger partial charge in [0.25, 0.3) is 5.91 Å². The number of hydrogen-bond acceptors (Lipinski definition) is 3. The third kappa shape index (κ3) is 3.38. The number of nitrogens with one attached hydrogen (secondary N) is 1. The van der Waals surface area contributed by atoms with Crippen molar-refractivity contribution < 1.29 is 18.8 Å². The first-order chi connectivity index (χ1) is 15.0. The lowest BCUT2D eigenvalue weighted by molar-refractivity contribution is -0.144. The summed E-state index contributed by atoms with van der Waals surface area (Å²) in [5, 5.41) is 2.82. The first-order valence-electron chi connectivity index (χ1n) is 10.7. The third-order valence-electron chi connectivity index (χ3n) is 6.54. The number of alkyl halides is 1. The van der Waals surface area contributed by atoms with Crippen molar-refractivity contribution in [2.24, 2.45) is 5.92 Å². The van der Waals surface area contributed by atoms with Crippen LogP contribution in [-0.2, 0) is 28.1 Å². The maximum Gasteiger partial charge on any atom is 0.325 e. The van der Waals surface area contributed by atoms with Gasteiger partial charge in [-0.2, -0.15) is 0 Å². The van der Waals surface area contributed by atoms with Gasteiger partial charge in [-0.25, -0.2) is 9.18 Å². The fourth-order valence-electron chi connectivity index (χ4n) is 4.68. The van der Waals surface area contributed by atoms with Gasteiger partial charge in [-0.05, 0) is 42.4 Å². The molecule has 1 saturated carbocycles. The Bertz CT molecular complexity index is 1040. The number of carbonyl (C=O) groups excluding carboxylic acids is 3. The molecule has 1 heterocycles. The van der Waals surface area contributed by atoms with Gasteiger partial charge in [0.1, 0.15) is 12.1 Å². The molecule has 7 heteroatoms. The maximum atomic E-state index is 15.0. The van der Waals surface area contributed by atoms with Crippen LogP contribution < -0.4 is 5.32 Å². The second-order valence-electron chi connectivity index (χ2n) is 8.60. The Kier molecular flexibility index (Phi) is 4.76. The lowest BCUT2D eigenvalue weighted by Gasteiger charge is -2.28. The molecule has 0 bridgehead atoms. The predicted octanol–water partition coefficient (Wildman–Crippen LogP) is 3.11. The Labute approximate surface area is 180 Å². The van der Waals surface area contributed by atoms with Gasteiger partial charge >= 0.3 is 6.03 Å². The van der Waals surface area contributed by atoms with E-state index in [1.165, 1.54) is 4.90 Å². The van der Waals surface area contributed by atoms with Gasteiger partial charge in [-0.15, -0.1) is 0 Å². The molecule has 3 aliphatic rings. The zero-order valence-electron chi connectivity index (χ0n) is 17.1. The summed E-state index contributed by atoms with van der Waals surface area (Å²) in [5.41, 5.74) is 1.49. The molecule has 1 aliphatic heterocycles. The van der Waals surface area contributed by atoms with Crippen molar-refractivity contribution in [2.45, 2.75) is 44.1 Å². The predicted molar refractivity (Wildman–Crippen MR) is 111 cm³/mol. The van der Waals surface area contributed by atoms with Crippen molar-refractivity contribution in [1.82, 2.24) is 15.1 Å². The molecule has 2 aromatic rings. The molecule has 31 heavy (non-hydrogen) atoms. The molecule has 5 rings (SSSR count). The average molecular weight is 421 g/mol. The van der Waals surface area contributed by atoms with Crippen molar-refractivity contribution >= 4 is 17.8 Å². The summed E-state index contributed by atoms with van der Waals surface area (Å²) in [5.74, 6) is -1.17. The number of halogens is 1. The lowest BCUT2D eigenvalue weighted by Crippen LogP contribution is -2.47. The SMILES string of the molecule is O=C1N[C@]2(CCc3ccccc32)C(=O)N1CC(=O)N(Cc1ccccc1)C(F)C1CC1. The van der Waals surface area contributed by atoms with Gasteiger partial charge in [0.2, 0.25) is 5.91 Å². The number of benzene rings is 2. The van der Waals surface area contributed by atoms with Crippen LogP contribution in [0.15, 0.2) is 54.6 Å². The normalized spacial score (nSPS) is 23.1. The van der Waals surface area contributed by atoms with E-state index < -0.39 is 36.2 Å². The minimum atomic E-state index is -1.42. The molecule has 4 amide bonds. The summed E-state index contributed by atoms with van der Waals surface area (Å²) in [4.78, 5) is 41.3. The molecule has 0 aromatic heterocycles. The Balaban J connectivity index is 1.37. The summed E-state index contributed by atoms with van der Waals surface area (Å²) in [6.07, 6.45) is 1.20. The van der Waals surface area contributed by atoms with Crippen LogP contribution >= 0.6 is 0 Å². The van der Waals surface area contributed by atoms with E-state index in [0.717, 1.165) is 34.4 Å². The standard InChI is InChI=1S/C24H24FN3O3/c25-21(18-10-11-18)27(14-16-6-2-1-3-7-16)20(29)15-28-22(30)24(26-23(28)31)13-12-17-8-4-5-9-19(17)24/h1-9,18,21H,10-15H2,(H,26,31)/t21?,24-/m0/s1. The molecule has 1 unspecified atom stereocenters. The van der Waals surface area contributed by atoms with Gasteiger partial charge in [0.15, 0.2) is 6.30 Å². The van der Waals surface area contributed by atoms with Gasteiger partial charge in [0.05, 0.1) is 0 Å². The van der Waals surface area contributed by atoms with E-state index in [9.17, 15) is 14.4 Å². The Morgan fingerprint density at radius 3 is 2.58 bits per heavy atom. The number of nitrogens with zero attached hydrogens (tertiary/aromatic N) is 2. The first-order valence-corrected chi connectivity index (χ1v) is 10.7. The molecule has 6 nitrogen and oxygen atoms in total. The smallest absolute Gasteiger partial charge is 0.319 e. The quantitative estimate of drug-likeness (QED) is 0.576. The zero-order valence-corrected chi connectivity index (χ0v) is 17.1. The van der Waals surface area contributed by atoms with Crippen molar-refractivity contribution in [3.63, 3.8) is 0 Å². The van der Waals surface area contributed by atoms with E-state index in [4.69, 9.17) is 0 Å². The van der Waals surface area contributed by atoms with Crippen LogP contribution in [0.25, 0.3) is 0 Å². The van der Waals surface area contributed by atoms with E-state index in [2.05, 4.69) is 5.32 Å². The molecular weight excluding hydrogens is 397 g/mol. The molecular formula is C24H24FN3O3. The van der Waals surface area contributed by atoms with Gasteiger partial charge < -0.3 is 10.2 Å². The summed E-state index contributed by atoms with van der Waals surface area (Å²) in [6.45, 7) is -0.358. The van der Waals surface area contributed by atoms with Crippen LogP contribution in [0.5, 0.6) is 0 Å². The number of imide groups is 1. The van der Waals surface area contributed by atoms with Crippen LogP contribution in [0.2, 0.25) is 0 Å². The van der Waals surface area contributed by atoms with E-state index >= 15 is 4.39 Å². The molecule has 0 radical (unpaired) electrons. The second kappa shape index (κ2) is 7.48.